The van der Waals surface area contributed by atoms with Crippen LogP contribution in [0.1, 0.15) is 0 Å². The number of alkyl halides is 18. The van der Waals surface area contributed by atoms with Crippen molar-refractivity contribution >= 4 is 43.7 Å². The third-order valence-corrected chi connectivity index (χ3v) is 3.78. The molecule has 0 aromatic rings. The first kappa shape index (κ1) is 32.4. The van der Waals surface area contributed by atoms with Gasteiger partial charge in [-0.3, -0.25) is 0 Å². The fraction of sp³-hybridized carbons (Fsp3) is 0.900. The molecule has 1 aliphatic rings. The first-order valence-corrected chi connectivity index (χ1v) is 6.66. The Balaban J connectivity index is 0.0000102. The maximum Gasteiger partial charge on any atom is 0.446 e. The van der Waals surface area contributed by atoms with Gasteiger partial charge in [0.25, 0.3) is 0 Å². The summed E-state index contributed by atoms with van der Waals surface area (Å²) in [6.07, 6.45) is -40.0. The number of carboxylic acid groups (broad SMARTS) is 1. The summed E-state index contributed by atoms with van der Waals surface area (Å²) in [7, 11) is 0. The number of hydrogen-bond donors (Lipinski definition) is 1. The van der Waals surface area contributed by atoms with E-state index in [-0.39, 0.29) is 37.7 Å². The summed E-state index contributed by atoms with van der Waals surface area (Å²) in [5, 5.41) is 8.03. The number of carbonyl (C=O) groups is 1. The number of morpholine rings is 1. The van der Waals surface area contributed by atoms with Crippen LogP contribution in [-0.4, -0.2) is 108 Å². The van der Waals surface area contributed by atoms with Gasteiger partial charge in [0.15, 0.2) is 0 Å². The number of carboxylic acids is 1. The van der Waals surface area contributed by atoms with Crippen LogP contribution in [0.2, 0.25) is 0 Å². The Morgan fingerprint density at radius 2 is 0.939 bits per heavy atom. The van der Waals surface area contributed by atoms with Crippen molar-refractivity contribution in [3.05, 3.63) is 0 Å². The largest absolute Gasteiger partial charge is 0.478 e. The molecule has 2 radical (unpaired) electrons. The number of aliphatic carboxylic acids is 1. The standard InChI is InChI=1S/C10HF18NO3.Ca/c11-2(1(30)31,5(14,15)16)8(23,24)29-3(12,6(17,18)19)9(25,26)32-10(27,28)4(29,13)7(20,21)22;/h(H,30,31);. The number of rotatable bonds is 3. The van der Waals surface area contributed by atoms with Crippen LogP contribution in [0.25, 0.3) is 0 Å². The summed E-state index contributed by atoms with van der Waals surface area (Å²) >= 11 is 0. The molecule has 1 N–H and O–H groups in total. The van der Waals surface area contributed by atoms with Crippen molar-refractivity contribution in [3.63, 3.8) is 0 Å². The molecule has 0 bridgehead atoms. The minimum absolute atomic E-state index is 0. The van der Waals surface area contributed by atoms with Gasteiger partial charge in [-0.1, -0.05) is 0 Å². The molecule has 3 atom stereocenters. The molecule has 23 heteroatoms. The van der Waals surface area contributed by atoms with E-state index in [0.717, 1.165) is 0 Å². The van der Waals surface area contributed by atoms with Crippen molar-refractivity contribution in [2.45, 2.75) is 54.0 Å². The van der Waals surface area contributed by atoms with E-state index >= 15 is 0 Å². The predicted molar refractivity (Wildman–Crippen MR) is 60.8 cm³/mol. The van der Waals surface area contributed by atoms with Gasteiger partial charge in [-0.25, -0.2) is 22.7 Å². The zero-order chi connectivity index (χ0) is 26.4. The fourth-order valence-corrected chi connectivity index (χ4v) is 2.31. The number of hydrogen-bond acceptors (Lipinski definition) is 3. The van der Waals surface area contributed by atoms with Crippen molar-refractivity contribution in [2.75, 3.05) is 0 Å². The molecular formula is C10HCaF18NO3. The Labute approximate surface area is 196 Å². The van der Waals surface area contributed by atoms with Crippen LogP contribution in [0.4, 0.5) is 79.0 Å². The Kier molecular flexibility index (Phi) is 7.80. The topological polar surface area (TPSA) is 49.8 Å². The second kappa shape index (κ2) is 7.95. The SMILES string of the molecule is O=C(O)C(F)(C(F)(F)F)C(F)(F)N1C(F)(C(F)(F)F)C(F)(F)OC(F)(F)C1(F)C(F)(F)F.[Ca]. The number of halogens is 18. The summed E-state index contributed by atoms with van der Waals surface area (Å²) in [5.41, 5.74) is -8.02. The van der Waals surface area contributed by atoms with Crippen molar-refractivity contribution in [2.24, 2.45) is 0 Å². The summed E-state index contributed by atoms with van der Waals surface area (Å²) in [4.78, 5) is 5.47. The molecule has 0 aromatic carbocycles. The minimum atomic E-state index is -8.66. The fourth-order valence-electron chi connectivity index (χ4n) is 2.31. The minimum Gasteiger partial charge on any atom is -0.478 e. The van der Waals surface area contributed by atoms with Crippen LogP contribution in [0.3, 0.4) is 0 Å². The van der Waals surface area contributed by atoms with Crippen molar-refractivity contribution in [3.8, 4) is 0 Å². The Morgan fingerprint density at radius 3 is 1.12 bits per heavy atom. The van der Waals surface area contributed by atoms with Crippen LogP contribution in [0.5, 0.6) is 0 Å². The average molecular weight is 565 g/mol. The van der Waals surface area contributed by atoms with E-state index in [1.165, 1.54) is 4.74 Å². The summed E-state index contributed by atoms with van der Waals surface area (Å²) in [6, 6.07) is -8.66. The van der Waals surface area contributed by atoms with Crippen molar-refractivity contribution in [1.82, 2.24) is 4.90 Å². The van der Waals surface area contributed by atoms with Gasteiger partial charge in [0.1, 0.15) is 0 Å². The van der Waals surface area contributed by atoms with Crippen LogP contribution in [0, 0.1) is 0 Å². The molecular weight excluding hydrogens is 564 g/mol. The van der Waals surface area contributed by atoms with Crippen LogP contribution >= 0.6 is 0 Å². The molecule has 1 heterocycles. The maximum absolute atomic E-state index is 14.2. The molecule has 0 amide bonds. The van der Waals surface area contributed by atoms with Crippen LogP contribution < -0.4 is 0 Å². The quantitative estimate of drug-likeness (QED) is 0.311. The van der Waals surface area contributed by atoms with Crippen molar-refractivity contribution in [1.29, 1.82) is 0 Å². The second-order valence-corrected chi connectivity index (χ2v) is 5.71. The van der Waals surface area contributed by atoms with Gasteiger partial charge in [-0.15, -0.1) is 4.90 Å². The molecule has 3 unspecified atom stereocenters. The molecule has 0 aromatic heterocycles. The molecule has 192 valence electrons. The molecule has 1 aliphatic heterocycles. The van der Waals surface area contributed by atoms with E-state index in [4.69, 9.17) is 5.11 Å². The molecule has 1 saturated heterocycles. The smallest absolute Gasteiger partial charge is 0.446 e. The molecule has 4 nitrogen and oxygen atoms in total. The van der Waals surface area contributed by atoms with E-state index < -0.39 is 64.9 Å². The van der Waals surface area contributed by atoms with Crippen LogP contribution in [-0.2, 0) is 9.53 Å². The van der Waals surface area contributed by atoms with Gasteiger partial charge < -0.3 is 5.11 Å². The van der Waals surface area contributed by atoms with Gasteiger partial charge in [0.2, 0.25) is 0 Å². The molecule has 0 spiro atoms. The third kappa shape index (κ3) is 3.90. The first-order valence-electron chi connectivity index (χ1n) is 6.66. The summed E-state index contributed by atoms with van der Waals surface area (Å²) in [5.74, 6) is -21.6. The third-order valence-electron chi connectivity index (χ3n) is 3.78. The molecule has 0 aliphatic carbocycles. The monoisotopic (exact) mass is 565 g/mol. The molecule has 1 rings (SSSR count). The molecule has 1 fully saturated rings. The Hall–Kier alpha value is -0.610. The van der Waals surface area contributed by atoms with Gasteiger partial charge in [-0.05, 0) is 0 Å². The van der Waals surface area contributed by atoms with Gasteiger partial charge >= 0.3 is 60.0 Å². The van der Waals surface area contributed by atoms with Gasteiger partial charge in [0, 0.05) is 37.7 Å². The van der Waals surface area contributed by atoms with Gasteiger partial charge in [0.05, 0.1) is 0 Å². The van der Waals surface area contributed by atoms with Gasteiger partial charge in [-0.2, -0.15) is 65.9 Å². The summed E-state index contributed by atoms with van der Waals surface area (Å²) < 4.78 is 240. The average Bonchev–Trinajstić information content (AvgIpc) is 2.47. The van der Waals surface area contributed by atoms with E-state index in [9.17, 15) is 83.8 Å². The normalized spacial score (nSPS) is 30.8. The predicted octanol–water partition coefficient (Wildman–Crippen LogP) is 4.53. The number of nitrogens with zero attached hydrogens (tertiary/aromatic N) is 1. The molecule has 0 saturated carbocycles. The summed E-state index contributed by atoms with van der Waals surface area (Å²) in [6.45, 7) is 0. The zero-order valence-corrected chi connectivity index (χ0v) is 16.4. The van der Waals surface area contributed by atoms with Crippen molar-refractivity contribution < 1.29 is 93.7 Å². The van der Waals surface area contributed by atoms with E-state index in [2.05, 4.69) is 0 Å². The second-order valence-electron chi connectivity index (χ2n) is 5.71. The molecule has 33 heavy (non-hydrogen) atoms. The zero-order valence-electron chi connectivity index (χ0n) is 14.2. The Morgan fingerprint density at radius 1 is 0.667 bits per heavy atom. The van der Waals surface area contributed by atoms with Crippen LogP contribution in [0.15, 0.2) is 0 Å². The Bertz CT molecular complexity index is 739. The number of ether oxygens (including phenoxy) is 1. The van der Waals surface area contributed by atoms with E-state index in [1.54, 1.807) is 0 Å². The first-order chi connectivity index (χ1) is 13.5. The maximum atomic E-state index is 14.2. The van der Waals surface area contributed by atoms with E-state index in [0.29, 0.717) is 0 Å². The van der Waals surface area contributed by atoms with E-state index in [1.807, 2.05) is 0 Å².